The Hall–Kier alpha value is -0.780. The highest BCUT2D eigenvalue weighted by Gasteiger charge is 2.28. The van der Waals surface area contributed by atoms with E-state index in [1.54, 1.807) is 0 Å². The molecule has 0 radical (unpaired) electrons. The summed E-state index contributed by atoms with van der Waals surface area (Å²) < 4.78 is 36.5. The summed E-state index contributed by atoms with van der Waals surface area (Å²) in [5.41, 5.74) is -0.323. The zero-order chi connectivity index (χ0) is 17.4. The van der Waals surface area contributed by atoms with Crippen molar-refractivity contribution in [2.24, 2.45) is 4.99 Å². The van der Waals surface area contributed by atoms with Gasteiger partial charge in [-0.3, -0.25) is 14.7 Å². The number of guanidine groups is 1. The minimum Gasteiger partial charge on any atom is -0.355 e. The predicted molar refractivity (Wildman–Crippen MR) is 96.2 cm³/mol. The van der Waals surface area contributed by atoms with Gasteiger partial charge >= 0.3 is 6.18 Å². The molecule has 0 atom stereocenters. The van der Waals surface area contributed by atoms with E-state index in [2.05, 4.69) is 20.9 Å². The normalized spacial score (nSPS) is 12.7. The number of amides is 1. The van der Waals surface area contributed by atoms with Gasteiger partial charge in [-0.2, -0.15) is 13.2 Å². The molecule has 0 unspecified atom stereocenters. The first-order valence-electron chi connectivity index (χ1n) is 6.94. The van der Waals surface area contributed by atoms with E-state index in [0.29, 0.717) is 5.96 Å². The van der Waals surface area contributed by atoms with Gasteiger partial charge in [0.2, 0.25) is 5.91 Å². The summed E-state index contributed by atoms with van der Waals surface area (Å²) >= 11 is 0. The standard InChI is InChI=1S/C13H26F3N5O.HI/c1-12(2,3)20-10(22)8-19-11(17-4)18-6-7-21(5)9-13(14,15)16;/h6-9H2,1-5H3,(H,20,22)(H2,17,18,19);1H. The van der Waals surface area contributed by atoms with E-state index in [0.717, 1.165) is 4.90 Å². The minimum absolute atomic E-state index is 0. The van der Waals surface area contributed by atoms with Gasteiger partial charge in [-0.25, -0.2) is 0 Å². The molecule has 138 valence electrons. The third kappa shape index (κ3) is 15.9. The monoisotopic (exact) mass is 453 g/mol. The number of hydrogen-bond acceptors (Lipinski definition) is 3. The number of likely N-dealkylation sites (N-methyl/N-ethyl adjacent to an activating group) is 1. The maximum absolute atomic E-state index is 12.2. The van der Waals surface area contributed by atoms with Crippen LogP contribution >= 0.6 is 24.0 Å². The number of rotatable bonds is 6. The molecular formula is C13H27F3IN5O. The van der Waals surface area contributed by atoms with E-state index in [-0.39, 0.29) is 55.1 Å². The van der Waals surface area contributed by atoms with E-state index < -0.39 is 12.7 Å². The van der Waals surface area contributed by atoms with Gasteiger partial charge in [-0.05, 0) is 27.8 Å². The van der Waals surface area contributed by atoms with Crippen LogP contribution in [0.5, 0.6) is 0 Å². The zero-order valence-corrected chi connectivity index (χ0v) is 16.5. The smallest absolute Gasteiger partial charge is 0.355 e. The van der Waals surface area contributed by atoms with E-state index in [1.165, 1.54) is 14.1 Å². The highest BCUT2D eigenvalue weighted by molar-refractivity contribution is 14.0. The fraction of sp³-hybridized carbons (Fsp3) is 0.846. The van der Waals surface area contributed by atoms with Crippen molar-refractivity contribution < 1.29 is 18.0 Å². The molecule has 0 aliphatic heterocycles. The Kier molecular flexibility index (Phi) is 11.6. The highest BCUT2D eigenvalue weighted by Crippen LogP contribution is 2.14. The van der Waals surface area contributed by atoms with Crippen LogP contribution in [0.1, 0.15) is 20.8 Å². The largest absolute Gasteiger partial charge is 0.401 e. The Morgan fingerprint density at radius 2 is 1.74 bits per heavy atom. The molecule has 3 N–H and O–H groups in total. The first-order valence-corrected chi connectivity index (χ1v) is 6.94. The lowest BCUT2D eigenvalue weighted by Gasteiger charge is -2.21. The van der Waals surface area contributed by atoms with Crippen LogP contribution in [0.2, 0.25) is 0 Å². The highest BCUT2D eigenvalue weighted by atomic mass is 127. The molecule has 0 saturated carbocycles. The summed E-state index contributed by atoms with van der Waals surface area (Å²) in [7, 11) is 2.92. The molecule has 0 heterocycles. The van der Waals surface area contributed by atoms with Crippen LogP contribution < -0.4 is 16.0 Å². The molecule has 0 saturated heterocycles. The number of alkyl halides is 3. The number of nitrogens with one attached hydrogen (secondary N) is 3. The summed E-state index contributed by atoms with van der Waals surface area (Å²) in [4.78, 5) is 16.7. The van der Waals surface area contributed by atoms with Gasteiger partial charge in [0.15, 0.2) is 5.96 Å². The lowest BCUT2D eigenvalue weighted by atomic mass is 10.1. The van der Waals surface area contributed by atoms with Crippen molar-refractivity contribution in [1.82, 2.24) is 20.9 Å². The van der Waals surface area contributed by atoms with Crippen LogP contribution in [0.15, 0.2) is 4.99 Å². The van der Waals surface area contributed by atoms with Gasteiger partial charge in [0.1, 0.15) is 0 Å². The van der Waals surface area contributed by atoms with Crippen molar-refractivity contribution in [2.75, 3.05) is 40.3 Å². The van der Waals surface area contributed by atoms with E-state index >= 15 is 0 Å². The fourth-order valence-corrected chi connectivity index (χ4v) is 1.60. The number of carbonyl (C=O) groups excluding carboxylic acids is 1. The summed E-state index contributed by atoms with van der Waals surface area (Å²) in [6.07, 6.45) is -4.21. The third-order valence-electron chi connectivity index (χ3n) is 2.39. The quantitative estimate of drug-likeness (QED) is 0.321. The maximum atomic E-state index is 12.2. The van der Waals surface area contributed by atoms with Crippen LogP contribution in [0.4, 0.5) is 13.2 Å². The molecule has 6 nitrogen and oxygen atoms in total. The lowest BCUT2D eigenvalue weighted by Crippen LogP contribution is -2.49. The molecule has 23 heavy (non-hydrogen) atoms. The minimum atomic E-state index is -4.21. The molecule has 0 fully saturated rings. The topological polar surface area (TPSA) is 68.8 Å². The summed E-state index contributed by atoms with van der Waals surface area (Å²) in [6.45, 7) is 5.17. The predicted octanol–water partition coefficient (Wildman–Crippen LogP) is 1.18. The molecule has 0 bridgehead atoms. The molecule has 0 aromatic rings. The number of carbonyl (C=O) groups is 1. The first kappa shape index (κ1) is 24.5. The van der Waals surface area contributed by atoms with Crippen LogP contribution in [0.25, 0.3) is 0 Å². The first-order chi connectivity index (χ1) is 9.93. The Labute approximate surface area is 152 Å². The SMILES string of the molecule is CN=C(NCCN(C)CC(F)(F)F)NCC(=O)NC(C)(C)C.I. The van der Waals surface area contributed by atoms with Crippen LogP contribution in [0.3, 0.4) is 0 Å². The van der Waals surface area contributed by atoms with Gasteiger partial charge in [-0.1, -0.05) is 0 Å². The molecule has 0 spiro atoms. The summed E-state index contributed by atoms with van der Waals surface area (Å²) in [5, 5.41) is 8.44. The van der Waals surface area contributed by atoms with Crippen LogP contribution in [0, 0.1) is 0 Å². The summed E-state index contributed by atoms with van der Waals surface area (Å²) in [5.74, 6) is 0.175. The van der Waals surface area contributed by atoms with Crippen molar-refractivity contribution in [3.8, 4) is 0 Å². The molecule has 0 aromatic carbocycles. The Balaban J connectivity index is 0. The van der Waals surface area contributed by atoms with Crippen molar-refractivity contribution in [2.45, 2.75) is 32.5 Å². The number of aliphatic imine (C=N–C) groups is 1. The average Bonchev–Trinajstić information content (AvgIpc) is 2.28. The lowest BCUT2D eigenvalue weighted by molar-refractivity contribution is -0.142. The third-order valence-corrected chi connectivity index (χ3v) is 2.39. The molecule has 0 aliphatic rings. The van der Waals surface area contributed by atoms with E-state index in [1.807, 2.05) is 20.8 Å². The Morgan fingerprint density at radius 3 is 2.17 bits per heavy atom. The number of hydrogen-bond donors (Lipinski definition) is 3. The molecular weight excluding hydrogens is 426 g/mol. The van der Waals surface area contributed by atoms with Crippen LogP contribution in [-0.2, 0) is 4.79 Å². The second-order valence-corrected chi connectivity index (χ2v) is 6.00. The van der Waals surface area contributed by atoms with E-state index in [9.17, 15) is 18.0 Å². The molecule has 0 aromatic heterocycles. The van der Waals surface area contributed by atoms with E-state index in [4.69, 9.17) is 0 Å². The Morgan fingerprint density at radius 1 is 1.17 bits per heavy atom. The van der Waals surface area contributed by atoms with Gasteiger partial charge in [0, 0.05) is 25.7 Å². The molecule has 0 rings (SSSR count). The molecule has 10 heteroatoms. The average molecular weight is 453 g/mol. The van der Waals surface area contributed by atoms with Gasteiger partial charge in [0.25, 0.3) is 0 Å². The maximum Gasteiger partial charge on any atom is 0.401 e. The Bertz CT molecular complexity index is 383. The van der Waals surface area contributed by atoms with Crippen molar-refractivity contribution in [3.05, 3.63) is 0 Å². The van der Waals surface area contributed by atoms with Gasteiger partial charge < -0.3 is 16.0 Å². The second kappa shape index (κ2) is 10.9. The van der Waals surface area contributed by atoms with Crippen molar-refractivity contribution >= 4 is 35.8 Å². The second-order valence-electron chi connectivity index (χ2n) is 6.00. The van der Waals surface area contributed by atoms with Crippen molar-refractivity contribution in [3.63, 3.8) is 0 Å². The fourth-order valence-electron chi connectivity index (χ4n) is 1.60. The number of halogens is 4. The zero-order valence-electron chi connectivity index (χ0n) is 14.2. The summed E-state index contributed by atoms with van der Waals surface area (Å²) in [6, 6.07) is 0. The molecule has 1 amide bonds. The van der Waals surface area contributed by atoms with Crippen molar-refractivity contribution in [1.29, 1.82) is 0 Å². The van der Waals surface area contributed by atoms with Crippen LogP contribution in [-0.4, -0.2) is 68.8 Å². The molecule has 0 aliphatic carbocycles. The van der Waals surface area contributed by atoms with Gasteiger partial charge in [0.05, 0.1) is 13.1 Å². The number of nitrogens with zero attached hydrogens (tertiary/aromatic N) is 2. The van der Waals surface area contributed by atoms with Gasteiger partial charge in [-0.15, -0.1) is 24.0 Å².